The third kappa shape index (κ3) is 5.24. The van der Waals surface area contributed by atoms with Crippen LogP contribution in [0, 0.1) is 56.2 Å². The van der Waals surface area contributed by atoms with E-state index in [9.17, 15) is 0 Å². The predicted octanol–water partition coefficient (Wildman–Crippen LogP) is 9.31. The summed E-state index contributed by atoms with van der Waals surface area (Å²) >= 11 is 0. The first kappa shape index (κ1) is 36.3. The summed E-state index contributed by atoms with van der Waals surface area (Å²) in [5.41, 5.74) is 9.82. The third-order valence-electron chi connectivity index (χ3n) is 16.6. The average Bonchev–Trinajstić information content (AvgIpc) is 3.54. The number of hydrogen-bond acceptors (Lipinski definition) is 6. The highest BCUT2D eigenvalue weighted by molar-refractivity contribution is 5.54. The molecule has 11 atom stereocenters. The van der Waals surface area contributed by atoms with Gasteiger partial charge in [0.2, 0.25) is 0 Å². The lowest BCUT2D eigenvalue weighted by Crippen LogP contribution is -2.68. The SMILES string of the molecule is CC(C)[C@@H](C)[C@]1(C)CC[C@]2(C)[C@H]3CC[C@@H]4[C@@]5(COC[C@@]4(C)[C@@H](OCC(C)(N)C(C)(C)C)[C@H](n4ncnc4-c4ccncc4)C5)C3=CC[C@@]2(C)C1. The lowest BCUT2D eigenvalue weighted by atomic mass is 9.36. The van der Waals surface area contributed by atoms with Crippen molar-refractivity contribution in [3.05, 3.63) is 42.5 Å². The standard InChI is InChI=1S/C43H67N5O2/c1-28(2)29(3)38(7)18-19-41(10)31-12-13-34-40(9)24-49-26-43(34,32(31)14-17-39(41,8)23-38)22-33(35(40)50-25-42(11,44)37(4,5)6)48-36(46-27-47-48)30-15-20-45-21-16-30/h14-16,20-21,27-29,31,33-35H,12-13,17-19,22-26,44H2,1-11H3/t29-,31+,33-,34+,35+,38-,39+,40-,41-,42?,43+/m1/s1. The van der Waals surface area contributed by atoms with Gasteiger partial charge in [0.15, 0.2) is 5.82 Å². The van der Waals surface area contributed by atoms with Crippen LogP contribution in [0.5, 0.6) is 0 Å². The third-order valence-corrected chi connectivity index (χ3v) is 16.6. The highest BCUT2D eigenvalue weighted by atomic mass is 16.5. The quantitative estimate of drug-likeness (QED) is 0.292. The van der Waals surface area contributed by atoms with Crippen molar-refractivity contribution >= 4 is 0 Å². The van der Waals surface area contributed by atoms with Crippen LogP contribution in [-0.4, -0.2) is 51.2 Å². The summed E-state index contributed by atoms with van der Waals surface area (Å²) in [7, 11) is 0. The maximum Gasteiger partial charge on any atom is 0.158 e. The van der Waals surface area contributed by atoms with E-state index in [1.54, 1.807) is 11.9 Å². The summed E-state index contributed by atoms with van der Waals surface area (Å²) in [6.45, 7) is 28.5. The van der Waals surface area contributed by atoms with Crippen LogP contribution in [0.1, 0.15) is 127 Å². The van der Waals surface area contributed by atoms with E-state index >= 15 is 0 Å². The van der Waals surface area contributed by atoms with E-state index in [2.05, 4.69) is 91.9 Å². The average molecular weight is 686 g/mol. The van der Waals surface area contributed by atoms with E-state index in [1.807, 2.05) is 24.5 Å². The first-order valence-corrected chi connectivity index (χ1v) is 19.8. The van der Waals surface area contributed by atoms with E-state index in [4.69, 9.17) is 25.3 Å². The molecule has 2 N–H and O–H groups in total. The maximum atomic E-state index is 7.23. The normalized spacial score (nSPS) is 41.7. The highest BCUT2D eigenvalue weighted by Crippen LogP contribution is 2.74. The number of hydrogen-bond donors (Lipinski definition) is 1. The second kappa shape index (κ2) is 12.0. The van der Waals surface area contributed by atoms with Crippen molar-refractivity contribution in [2.24, 2.45) is 61.9 Å². The second-order valence-corrected chi connectivity index (χ2v) is 20.5. The molecule has 0 spiro atoms. The molecule has 2 aromatic heterocycles. The fraction of sp³-hybridized carbons (Fsp3) is 0.791. The van der Waals surface area contributed by atoms with Gasteiger partial charge in [-0.1, -0.05) is 80.9 Å². The number of aromatic nitrogens is 4. The molecule has 3 heterocycles. The van der Waals surface area contributed by atoms with Crippen molar-refractivity contribution in [3.8, 4) is 11.4 Å². The first-order chi connectivity index (χ1) is 23.3. The zero-order valence-electron chi connectivity index (χ0n) is 33.2. The smallest absolute Gasteiger partial charge is 0.158 e. The molecule has 2 bridgehead atoms. The summed E-state index contributed by atoms with van der Waals surface area (Å²) < 4.78 is 16.3. The molecule has 0 amide bonds. The van der Waals surface area contributed by atoms with Gasteiger partial charge in [-0.05, 0) is 109 Å². The summed E-state index contributed by atoms with van der Waals surface area (Å²) in [5.74, 6) is 3.35. The fourth-order valence-electron chi connectivity index (χ4n) is 12.2. The Morgan fingerprint density at radius 2 is 1.74 bits per heavy atom. The number of ether oxygens (including phenoxy) is 2. The number of fused-ring (bicyclic) bond motifs is 3. The first-order valence-electron chi connectivity index (χ1n) is 19.8. The Bertz CT molecular complexity index is 1590. The molecule has 0 radical (unpaired) electrons. The summed E-state index contributed by atoms with van der Waals surface area (Å²) in [6, 6.07) is 4.08. The van der Waals surface area contributed by atoms with Crippen molar-refractivity contribution in [3.63, 3.8) is 0 Å². The largest absolute Gasteiger partial charge is 0.380 e. The topological polar surface area (TPSA) is 88.1 Å². The molecule has 1 aliphatic heterocycles. The number of pyridine rings is 1. The molecule has 7 nitrogen and oxygen atoms in total. The van der Waals surface area contributed by atoms with Gasteiger partial charge in [0.25, 0.3) is 0 Å². The molecule has 1 saturated heterocycles. The molecule has 1 unspecified atom stereocenters. The molecule has 5 aliphatic rings. The van der Waals surface area contributed by atoms with Gasteiger partial charge in [-0.25, -0.2) is 9.67 Å². The van der Waals surface area contributed by atoms with Crippen LogP contribution in [0.2, 0.25) is 0 Å². The van der Waals surface area contributed by atoms with Crippen LogP contribution in [-0.2, 0) is 9.47 Å². The van der Waals surface area contributed by atoms with Gasteiger partial charge in [-0.3, -0.25) is 4.98 Å². The van der Waals surface area contributed by atoms with Gasteiger partial charge >= 0.3 is 0 Å². The lowest BCUT2D eigenvalue weighted by Gasteiger charge is -2.70. The molecule has 50 heavy (non-hydrogen) atoms. The van der Waals surface area contributed by atoms with E-state index in [-0.39, 0.29) is 39.2 Å². The molecule has 3 saturated carbocycles. The highest BCUT2D eigenvalue weighted by Gasteiger charge is 2.69. The van der Waals surface area contributed by atoms with Crippen molar-refractivity contribution < 1.29 is 9.47 Å². The molecule has 7 rings (SSSR count). The van der Waals surface area contributed by atoms with Crippen LogP contribution in [0.25, 0.3) is 11.4 Å². The Morgan fingerprint density at radius 1 is 1.02 bits per heavy atom. The van der Waals surface area contributed by atoms with E-state index in [0.29, 0.717) is 36.4 Å². The molecular weight excluding hydrogens is 619 g/mol. The molecule has 276 valence electrons. The Hall–Kier alpha value is -2.09. The fourth-order valence-corrected chi connectivity index (χ4v) is 12.2. The Morgan fingerprint density at radius 3 is 2.42 bits per heavy atom. The van der Waals surface area contributed by atoms with Gasteiger partial charge in [0.05, 0.1) is 32.0 Å². The minimum atomic E-state index is -0.501. The van der Waals surface area contributed by atoms with Crippen LogP contribution in [0.15, 0.2) is 42.5 Å². The van der Waals surface area contributed by atoms with E-state index < -0.39 is 5.54 Å². The van der Waals surface area contributed by atoms with Gasteiger partial charge < -0.3 is 15.2 Å². The predicted molar refractivity (Wildman–Crippen MR) is 201 cm³/mol. The maximum absolute atomic E-state index is 7.23. The summed E-state index contributed by atoms with van der Waals surface area (Å²) in [6.07, 6.45) is 16.6. The monoisotopic (exact) mass is 686 g/mol. The Kier molecular flexibility index (Phi) is 8.68. The zero-order chi connectivity index (χ0) is 36.1. The number of rotatable bonds is 7. The molecular formula is C43H67N5O2. The van der Waals surface area contributed by atoms with Crippen molar-refractivity contribution in [2.45, 2.75) is 139 Å². The van der Waals surface area contributed by atoms with Gasteiger partial charge in [0, 0.05) is 34.3 Å². The minimum Gasteiger partial charge on any atom is -0.380 e. The van der Waals surface area contributed by atoms with Crippen molar-refractivity contribution in [1.82, 2.24) is 19.7 Å². The number of allylic oxidation sites excluding steroid dienone is 1. The molecule has 4 aliphatic carbocycles. The van der Waals surface area contributed by atoms with Crippen LogP contribution < -0.4 is 5.73 Å². The summed E-state index contributed by atoms with van der Waals surface area (Å²) in [4.78, 5) is 9.16. The molecule has 2 aromatic rings. The van der Waals surface area contributed by atoms with Crippen LogP contribution in [0.4, 0.5) is 0 Å². The van der Waals surface area contributed by atoms with Crippen molar-refractivity contribution in [1.29, 1.82) is 0 Å². The van der Waals surface area contributed by atoms with Gasteiger partial charge in [0.1, 0.15) is 6.33 Å². The molecule has 7 heteroatoms. The number of nitrogens with two attached hydrogens (primary N) is 1. The molecule has 4 fully saturated rings. The Labute approximate surface area is 303 Å². The van der Waals surface area contributed by atoms with Crippen LogP contribution in [0.3, 0.4) is 0 Å². The van der Waals surface area contributed by atoms with Crippen molar-refractivity contribution in [2.75, 3.05) is 19.8 Å². The van der Waals surface area contributed by atoms with E-state index in [1.165, 1.54) is 32.1 Å². The van der Waals surface area contributed by atoms with Gasteiger partial charge in [-0.15, -0.1) is 0 Å². The van der Waals surface area contributed by atoms with Crippen LogP contribution >= 0.6 is 0 Å². The zero-order valence-corrected chi connectivity index (χ0v) is 33.2. The number of nitrogens with zero attached hydrogens (tertiary/aromatic N) is 4. The second-order valence-electron chi connectivity index (χ2n) is 20.5. The summed E-state index contributed by atoms with van der Waals surface area (Å²) in [5, 5.41) is 5.01. The molecule has 0 aromatic carbocycles. The Balaban J connectivity index is 1.32. The van der Waals surface area contributed by atoms with Gasteiger partial charge in [-0.2, -0.15) is 5.10 Å². The lowest BCUT2D eigenvalue weighted by molar-refractivity contribution is -0.250. The van der Waals surface area contributed by atoms with E-state index in [0.717, 1.165) is 36.8 Å². The minimum absolute atomic E-state index is 0.0103.